The normalized spacial score (nSPS) is 14.8. The van der Waals surface area contributed by atoms with Gasteiger partial charge < -0.3 is 9.72 Å². The minimum atomic E-state index is -0.0503. The van der Waals surface area contributed by atoms with E-state index < -0.39 is 0 Å². The van der Waals surface area contributed by atoms with Crippen molar-refractivity contribution in [1.29, 1.82) is 0 Å². The van der Waals surface area contributed by atoms with E-state index in [1.54, 1.807) is 7.11 Å². The number of nitrogens with zero attached hydrogens (tertiary/aromatic N) is 2. The number of hydrogen-bond acceptors (Lipinski definition) is 4. The van der Waals surface area contributed by atoms with E-state index >= 15 is 0 Å². The van der Waals surface area contributed by atoms with Gasteiger partial charge in [-0.2, -0.15) is 0 Å². The fourth-order valence-corrected chi connectivity index (χ4v) is 3.70. The highest BCUT2D eigenvalue weighted by molar-refractivity contribution is 5.77. The number of nitrogens with one attached hydrogen (secondary N) is 1. The van der Waals surface area contributed by atoms with Crippen molar-refractivity contribution in [3.63, 3.8) is 0 Å². The first-order valence-corrected chi connectivity index (χ1v) is 9.77. The van der Waals surface area contributed by atoms with Crippen molar-refractivity contribution in [3.05, 3.63) is 76.3 Å². The fraction of sp³-hybridized carbons (Fsp3) is 0.304. The average molecular weight is 375 g/mol. The third-order valence-corrected chi connectivity index (χ3v) is 5.30. The fourth-order valence-electron chi connectivity index (χ4n) is 3.70. The number of methoxy groups -OCH3 is 1. The van der Waals surface area contributed by atoms with Crippen LogP contribution in [-0.2, 0) is 6.42 Å². The smallest absolute Gasteiger partial charge is 0.258 e. The zero-order valence-electron chi connectivity index (χ0n) is 16.1. The van der Waals surface area contributed by atoms with Crippen molar-refractivity contribution >= 4 is 16.5 Å². The summed E-state index contributed by atoms with van der Waals surface area (Å²) in [4.78, 5) is 22.1. The maximum absolute atomic E-state index is 12.2. The molecule has 0 saturated carbocycles. The largest absolute Gasteiger partial charge is 0.497 e. The molecule has 1 aliphatic rings. The number of rotatable bonds is 6. The van der Waals surface area contributed by atoms with Crippen LogP contribution in [0.5, 0.6) is 5.75 Å². The van der Waals surface area contributed by atoms with Crippen LogP contribution >= 0.6 is 0 Å². The van der Waals surface area contributed by atoms with Gasteiger partial charge in [-0.3, -0.25) is 9.69 Å². The number of aryl methyl sites for hydroxylation is 1. The molecule has 2 heterocycles. The van der Waals surface area contributed by atoms with Crippen LogP contribution in [0.15, 0.2) is 59.4 Å². The molecule has 0 atom stereocenters. The molecule has 4 rings (SSSR count). The molecular formula is C23H25N3O2. The number of H-pyrrole nitrogens is 1. The Morgan fingerprint density at radius 3 is 2.71 bits per heavy atom. The Morgan fingerprint density at radius 1 is 1.14 bits per heavy atom. The molecule has 0 saturated heterocycles. The Kier molecular flexibility index (Phi) is 5.53. The van der Waals surface area contributed by atoms with E-state index in [4.69, 9.17) is 4.74 Å². The Balaban J connectivity index is 1.32. The predicted molar refractivity (Wildman–Crippen MR) is 113 cm³/mol. The van der Waals surface area contributed by atoms with Crippen molar-refractivity contribution < 1.29 is 4.74 Å². The van der Waals surface area contributed by atoms with Crippen LogP contribution in [0.25, 0.3) is 16.5 Å². The average Bonchev–Trinajstić information content (AvgIpc) is 2.74. The van der Waals surface area contributed by atoms with E-state index in [1.807, 2.05) is 36.4 Å². The Labute approximate surface area is 164 Å². The van der Waals surface area contributed by atoms with Crippen molar-refractivity contribution in [2.24, 2.45) is 0 Å². The lowest BCUT2D eigenvalue weighted by Crippen LogP contribution is -2.30. The van der Waals surface area contributed by atoms with E-state index in [0.29, 0.717) is 5.39 Å². The molecule has 0 amide bonds. The summed E-state index contributed by atoms with van der Waals surface area (Å²) in [6, 6.07) is 15.8. The molecule has 3 aromatic rings. The summed E-state index contributed by atoms with van der Waals surface area (Å²) in [5, 5.41) is 0.651. The number of aromatic nitrogens is 2. The van der Waals surface area contributed by atoms with E-state index in [1.165, 1.54) is 11.1 Å². The third kappa shape index (κ3) is 4.15. The van der Waals surface area contributed by atoms with Crippen LogP contribution in [0.4, 0.5) is 0 Å². The Bertz CT molecular complexity index is 1040. The van der Waals surface area contributed by atoms with Crippen LogP contribution in [-0.4, -0.2) is 41.6 Å². The van der Waals surface area contributed by atoms with E-state index in [2.05, 4.69) is 33.1 Å². The van der Waals surface area contributed by atoms with Gasteiger partial charge in [0.15, 0.2) is 0 Å². The quantitative estimate of drug-likeness (QED) is 0.714. The van der Waals surface area contributed by atoms with Gasteiger partial charge in [-0.05, 0) is 54.8 Å². The number of ether oxygens (including phenoxy) is 1. The maximum atomic E-state index is 12.2. The molecule has 1 aliphatic heterocycles. The lowest BCUT2D eigenvalue weighted by Gasteiger charge is -2.26. The number of aromatic amines is 1. The second-order valence-corrected chi connectivity index (χ2v) is 7.14. The molecule has 144 valence electrons. The number of hydrogen-bond donors (Lipinski definition) is 1. The predicted octanol–water partition coefficient (Wildman–Crippen LogP) is 3.65. The zero-order valence-corrected chi connectivity index (χ0v) is 16.1. The number of para-hydroxylation sites is 1. The third-order valence-electron chi connectivity index (χ3n) is 5.30. The summed E-state index contributed by atoms with van der Waals surface area (Å²) in [7, 11) is 1.69. The summed E-state index contributed by atoms with van der Waals surface area (Å²) >= 11 is 0. The van der Waals surface area contributed by atoms with Crippen LogP contribution < -0.4 is 10.3 Å². The highest BCUT2D eigenvalue weighted by atomic mass is 16.5. The molecule has 0 radical (unpaired) electrons. The van der Waals surface area contributed by atoms with Gasteiger partial charge in [-0.15, -0.1) is 0 Å². The minimum Gasteiger partial charge on any atom is -0.497 e. The molecule has 1 aromatic heterocycles. The van der Waals surface area contributed by atoms with Gasteiger partial charge in [0.1, 0.15) is 11.6 Å². The first-order valence-electron chi connectivity index (χ1n) is 9.77. The first kappa shape index (κ1) is 18.4. The molecule has 0 aliphatic carbocycles. The minimum absolute atomic E-state index is 0.0503. The number of fused-ring (bicyclic) bond motifs is 1. The summed E-state index contributed by atoms with van der Waals surface area (Å²) in [5.74, 6) is 1.66. The van der Waals surface area contributed by atoms with Crippen molar-refractivity contribution in [1.82, 2.24) is 14.9 Å². The van der Waals surface area contributed by atoms with Gasteiger partial charge in [0, 0.05) is 19.5 Å². The van der Waals surface area contributed by atoms with Gasteiger partial charge in [0.2, 0.25) is 0 Å². The molecule has 0 unspecified atom stereocenters. The topological polar surface area (TPSA) is 58.2 Å². The standard InChI is InChI=1S/C23H25N3O2/c1-28-19-10-8-17(9-11-19)18-12-15-26(16-13-18)14-4-7-22-24-21-6-3-2-5-20(21)23(27)25-22/h2-3,5-6,8-12H,4,7,13-16H2,1H3,(H,24,25,27). The molecule has 2 aromatic carbocycles. The van der Waals surface area contributed by atoms with Crippen molar-refractivity contribution in [2.75, 3.05) is 26.7 Å². The monoisotopic (exact) mass is 375 g/mol. The van der Waals surface area contributed by atoms with Crippen LogP contribution in [0.2, 0.25) is 0 Å². The molecular weight excluding hydrogens is 350 g/mol. The second-order valence-electron chi connectivity index (χ2n) is 7.14. The Hall–Kier alpha value is -2.92. The summed E-state index contributed by atoms with van der Waals surface area (Å²) in [5.41, 5.74) is 3.40. The molecule has 0 fully saturated rings. The van der Waals surface area contributed by atoms with Gasteiger partial charge in [-0.1, -0.05) is 30.3 Å². The van der Waals surface area contributed by atoms with Gasteiger partial charge in [-0.25, -0.2) is 4.98 Å². The van der Waals surface area contributed by atoms with E-state index in [9.17, 15) is 4.79 Å². The summed E-state index contributed by atoms with van der Waals surface area (Å²) in [6.07, 6.45) is 5.14. The van der Waals surface area contributed by atoms with Gasteiger partial charge in [0.25, 0.3) is 5.56 Å². The maximum Gasteiger partial charge on any atom is 0.258 e. The second kappa shape index (κ2) is 8.40. The van der Waals surface area contributed by atoms with E-state index in [0.717, 1.165) is 56.0 Å². The van der Waals surface area contributed by atoms with Crippen LogP contribution in [0.1, 0.15) is 24.2 Å². The summed E-state index contributed by atoms with van der Waals surface area (Å²) in [6.45, 7) is 3.02. The number of benzene rings is 2. The molecule has 1 N–H and O–H groups in total. The lowest BCUT2D eigenvalue weighted by molar-refractivity contribution is 0.297. The molecule has 5 heteroatoms. The SMILES string of the molecule is COc1ccc(C2=CCN(CCCc3nc4ccccc4c(=O)[nH]3)CC2)cc1. The Morgan fingerprint density at radius 2 is 1.96 bits per heavy atom. The highest BCUT2D eigenvalue weighted by Gasteiger charge is 2.13. The van der Waals surface area contributed by atoms with Gasteiger partial charge >= 0.3 is 0 Å². The van der Waals surface area contributed by atoms with Crippen molar-refractivity contribution in [3.8, 4) is 5.75 Å². The summed E-state index contributed by atoms with van der Waals surface area (Å²) < 4.78 is 5.23. The zero-order chi connectivity index (χ0) is 19.3. The first-order chi connectivity index (χ1) is 13.7. The van der Waals surface area contributed by atoms with E-state index in [-0.39, 0.29) is 5.56 Å². The highest BCUT2D eigenvalue weighted by Crippen LogP contribution is 2.24. The van der Waals surface area contributed by atoms with Crippen molar-refractivity contribution in [2.45, 2.75) is 19.3 Å². The van der Waals surface area contributed by atoms with Crippen LogP contribution in [0.3, 0.4) is 0 Å². The van der Waals surface area contributed by atoms with Gasteiger partial charge in [0.05, 0.1) is 18.0 Å². The molecule has 0 bridgehead atoms. The molecule has 5 nitrogen and oxygen atoms in total. The molecule has 28 heavy (non-hydrogen) atoms. The lowest BCUT2D eigenvalue weighted by atomic mass is 9.99. The molecule has 0 spiro atoms. The van der Waals surface area contributed by atoms with Crippen LogP contribution in [0, 0.1) is 0 Å².